The molecule has 0 spiro atoms. The average Bonchev–Trinajstić information content (AvgIpc) is 2.72. The van der Waals surface area contributed by atoms with Crippen LogP contribution in [0.1, 0.15) is 18.8 Å². The van der Waals surface area contributed by atoms with E-state index >= 15 is 0 Å². The maximum Gasteiger partial charge on any atom is 0.415 e. The first kappa shape index (κ1) is 14.8. The van der Waals surface area contributed by atoms with Crippen molar-refractivity contribution in [2.75, 3.05) is 6.54 Å². The highest BCUT2D eigenvalue weighted by Crippen LogP contribution is 2.22. The summed E-state index contributed by atoms with van der Waals surface area (Å²) < 4.78 is 38.5. The standard InChI is InChI=1S/C13H16F3N3O/c1-8(17-7-11(20)13(14,15)16)12-18-9-5-3-4-6-10(9)19(12)2/h3-6,8,11,17,20H,7H2,1-2H3. The molecule has 1 heterocycles. The van der Waals surface area contributed by atoms with Crippen LogP contribution in [0.3, 0.4) is 0 Å². The molecule has 0 aliphatic rings. The first-order valence-corrected chi connectivity index (χ1v) is 6.20. The lowest BCUT2D eigenvalue weighted by Crippen LogP contribution is -2.39. The number of nitrogens with zero attached hydrogens (tertiary/aromatic N) is 2. The third-order valence-corrected chi connectivity index (χ3v) is 3.20. The van der Waals surface area contributed by atoms with E-state index in [4.69, 9.17) is 5.11 Å². The summed E-state index contributed by atoms with van der Waals surface area (Å²) in [5.74, 6) is 0.626. The number of halogens is 3. The summed E-state index contributed by atoms with van der Waals surface area (Å²) in [5.41, 5.74) is 1.70. The lowest BCUT2D eigenvalue weighted by atomic mass is 10.2. The molecule has 0 amide bonds. The third kappa shape index (κ3) is 2.94. The Morgan fingerprint density at radius 3 is 2.60 bits per heavy atom. The highest BCUT2D eigenvalue weighted by atomic mass is 19.4. The van der Waals surface area contributed by atoms with Crippen molar-refractivity contribution in [3.05, 3.63) is 30.1 Å². The molecular weight excluding hydrogens is 271 g/mol. The van der Waals surface area contributed by atoms with Crippen molar-refractivity contribution >= 4 is 11.0 Å². The smallest absolute Gasteiger partial charge is 0.382 e. The van der Waals surface area contributed by atoms with Crippen LogP contribution in [0.5, 0.6) is 0 Å². The van der Waals surface area contributed by atoms with E-state index in [2.05, 4.69) is 10.3 Å². The second-order valence-electron chi connectivity index (χ2n) is 4.71. The number of para-hydroxylation sites is 2. The summed E-state index contributed by atoms with van der Waals surface area (Å²) in [6.45, 7) is 1.15. The number of hydrogen-bond acceptors (Lipinski definition) is 3. The van der Waals surface area contributed by atoms with Gasteiger partial charge < -0.3 is 15.0 Å². The van der Waals surface area contributed by atoms with Gasteiger partial charge >= 0.3 is 6.18 Å². The van der Waals surface area contributed by atoms with Gasteiger partial charge in [0.2, 0.25) is 0 Å². The van der Waals surface area contributed by atoms with E-state index in [1.165, 1.54) is 0 Å². The van der Waals surface area contributed by atoms with Gasteiger partial charge in [0.05, 0.1) is 17.1 Å². The Kier molecular flexibility index (Phi) is 4.01. The molecular formula is C13H16F3N3O. The number of alkyl halides is 3. The molecule has 4 nitrogen and oxygen atoms in total. The van der Waals surface area contributed by atoms with Crippen molar-refractivity contribution in [1.29, 1.82) is 0 Å². The topological polar surface area (TPSA) is 50.1 Å². The van der Waals surface area contributed by atoms with E-state index in [0.717, 1.165) is 11.0 Å². The molecule has 0 saturated carbocycles. The zero-order valence-electron chi connectivity index (χ0n) is 11.1. The number of aliphatic hydroxyl groups is 1. The maximum atomic E-state index is 12.2. The van der Waals surface area contributed by atoms with Gasteiger partial charge in [-0.2, -0.15) is 13.2 Å². The fourth-order valence-corrected chi connectivity index (χ4v) is 2.05. The monoisotopic (exact) mass is 287 g/mol. The number of benzene rings is 1. The molecule has 0 aliphatic heterocycles. The van der Waals surface area contributed by atoms with E-state index in [-0.39, 0.29) is 0 Å². The van der Waals surface area contributed by atoms with Gasteiger partial charge in [-0.25, -0.2) is 4.98 Å². The van der Waals surface area contributed by atoms with Crippen molar-refractivity contribution in [3.8, 4) is 0 Å². The Morgan fingerprint density at radius 2 is 2.00 bits per heavy atom. The summed E-state index contributed by atoms with van der Waals surface area (Å²) >= 11 is 0. The van der Waals surface area contributed by atoms with Gasteiger partial charge in [0.1, 0.15) is 5.82 Å². The Labute approximate surface area is 114 Å². The minimum atomic E-state index is -4.61. The number of aliphatic hydroxyl groups excluding tert-OH is 1. The van der Waals surface area contributed by atoms with E-state index in [1.54, 1.807) is 6.92 Å². The van der Waals surface area contributed by atoms with Gasteiger partial charge in [-0.15, -0.1) is 0 Å². The van der Waals surface area contributed by atoms with E-state index < -0.39 is 24.9 Å². The molecule has 20 heavy (non-hydrogen) atoms. The highest BCUT2D eigenvalue weighted by molar-refractivity contribution is 5.75. The fourth-order valence-electron chi connectivity index (χ4n) is 2.05. The number of fused-ring (bicyclic) bond motifs is 1. The first-order valence-electron chi connectivity index (χ1n) is 6.20. The SMILES string of the molecule is CC(NCC(O)C(F)(F)F)c1nc2ccccc2n1C. The zero-order chi connectivity index (χ0) is 14.9. The van der Waals surface area contributed by atoms with E-state index in [9.17, 15) is 13.2 Å². The molecule has 0 radical (unpaired) electrons. The van der Waals surface area contributed by atoms with Crippen molar-refractivity contribution in [3.63, 3.8) is 0 Å². The number of hydrogen-bond donors (Lipinski definition) is 2. The molecule has 0 saturated heterocycles. The molecule has 2 aromatic rings. The van der Waals surface area contributed by atoms with Crippen LogP contribution in [-0.2, 0) is 7.05 Å². The molecule has 2 atom stereocenters. The average molecular weight is 287 g/mol. The van der Waals surface area contributed by atoms with Crippen LogP contribution < -0.4 is 5.32 Å². The van der Waals surface area contributed by atoms with Crippen LogP contribution in [0, 0.1) is 0 Å². The number of aromatic nitrogens is 2. The molecule has 0 aliphatic carbocycles. The van der Waals surface area contributed by atoms with Gasteiger partial charge in [0.25, 0.3) is 0 Å². The first-order chi connectivity index (χ1) is 9.30. The molecule has 2 rings (SSSR count). The van der Waals surface area contributed by atoms with Crippen molar-refractivity contribution in [2.45, 2.75) is 25.2 Å². The summed E-state index contributed by atoms with van der Waals surface area (Å²) in [7, 11) is 1.81. The summed E-state index contributed by atoms with van der Waals surface area (Å²) in [5, 5.41) is 11.6. The van der Waals surface area contributed by atoms with Gasteiger partial charge in [0.15, 0.2) is 6.10 Å². The largest absolute Gasteiger partial charge is 0.415 e. The minimum absolute atomic E-state index is 0.399. The molecule has 7 heteroatoms. The van der Waals surface area contributed by atoms with Crippen LogP contribution >= 0.6 is 0 Å². The predicted octanol–water partition coefficient (Wildman–Crippen LogP) is 2.15. The lowest BCUT2D eigenvalue weighted by Gasteiger charge is -2.18. The number of imidazole rings is 1. The van der Waals surface area contributed by atoms with E-state index in [1.807, 2.05) is 35.9 Å². The van der Waals surface area contributed by atoms with Crippen LogP contribution in [0.2, 0.25) is 0 Å². The number of rotatable bonds is 4. The Bertz CT molecular complexity index is 594. The number of nitrogens with one attached hydrogen (secondary N) is 1. The van der Waals surface area contributed by atoms with Crippen LogP contribution in [-0.4, -0.2) is 33.5 Å². The Morgan fingerprint density at radius 1 is 1.35 bits per heavy atom. The second-order valence-corrected chi connectivity index (χ2v) is 4.71. The number of aryl methyl sites for hydroxylation is 1. The Hall–Kier alpha value is -1.60. The molecule has 0 bridgehead atoms. The van der Waals surface area contributed by atoms with Gasteiger partial charge in [0, 0.05) is 13.6 Å². The van der Waals surface area contributed by atoms with Crippen molar-refractivity contribution in [1.82, 2.24) is 14.9 Å². The molecule has 1 aromatic heterocycles. The summed E-state index contributed by atoms with van der Waals surface area (Å²) in [4.78, 5) is 4.39. The molecule has 2 unspecified atom stereocenters. The van der Waals surface area contributed by atoms with E-state index in [0.29, 0.717) is 5.82 Å². The normalized spacial score (nSPS) is 15.5. The molecule has 1 aromatic carbocycles. The molecule has 0 fully saturated rings. The Balaban J connectivity index is 2.12. The minimum Gasteiger partial charge on any atom is -0.382 e. The van der Waals surface area contributed by atoms with Crippen molar-refractivity contribution in [2.24, 2.45) is 7.05 Å². The molecule has 110 valence electrons. The van der Waals surface area contributed by atoms with Crippen LogP contribution in [0.4, 0.5) is 13.2 Å². The van der Waals surface area contributed by atoms with Gasteiger partial charge in [-0.3, -0.25) is 0 Å². The lowest BCUT2D eigenvalue weighted by molar-refractivity contribution is -0.202. The maximum absolute atomic E-state index is 12.2. The van der Waals surface area contributed by atoms with Gasteiger partial charge in [-0.1, -0.05) is 12.1 Å². The fraction of sp³-hybridized carbons (Fsp3) is 0.462. The van der Waals surface area contributed by atoms with Crippen molar-refractivity contribution < 1.29 is 18.3 Å². The summed E-state index contributed by atoms with van der Waals surface area (Å²) in [6.07, 6.45) is -6.99. The second kappa shape index (κ2) is 5.41. The molecule has 2 N–H and O–H groups in total. The van der Waals surface area contributed by atoms with Crippen LogP contribution in [0.25, 0.3) is 11.0 Å². The van der Waals surface area contributed by atoms with Crippen LogP contribution in [0.15, 0.2) is 24.3 Å². The third-order valence-electron chi connectivity index (χ3n) is 3.20. The predicted molar refractivity (Wildman–Crippen MR) is 69.2 cm³/mol. The summed E-state index contributed by atoms with van der Waals surface area (Å²) in [6, 6.07) is 7.06. The van der Waals surface area contributed by atoms with Gasteiger partial charge in [-0.05, 0) is 19.1 Å². The highest BCUT2D eigenvalue weighted by Gasteiger charge is 2.38. The quantitative estimate of drug-likeness (QED) is 0.906. The zero-order valence-corrected chi connectivity index (χ0v) is 11.1.